The van der Waals surface area contributed by atoms with Crippen LogP contribution < -0.4 is 5.32 Å². The van der Waals surface area contributed by atoms with Crippen LogP contribution in [-0.4, -0.2) is 15.9 Å². The fourth-order valence-corrected chi connectivity index (χ4v) is 2.56. The highest BCUT2D eigenvalue weighted by atomic mass is 32.1. The van der Waals surface area contributed by atoms with E-state index in [0.29, 0.717) is 5.69 Å². The van der Waals surface area contributed by atoms with E-state index in [4.69, 9.17) is 5.26 Å². The Labute approximate surface area is 118 Å². The molecule has 0 saturated carbocycles. The average molecular weight is 282 g/mol. The van der Waals surface area contributed by atoms with Crippen molar-refractivity contribution in [1.29, 1.82) is 5.26 Å². The molecule has 1 aromatic carbocycles. The second kappa shape index (κ2) is 5.15. The van der Waals surface area contributed by atoms with Crippen LogP contribution in [0.3, 0.4) is 0 Å². The second-order valence-corrected chi connectivity index (χ2v) is 5.13. The summed E-state index contributed by atoms with van der Waals surface area (Å²) in [5.74, 6) is 0.500. The standard InChI is InChI=1S/C14H10N4OS/c15-6-5-13(19)16-9-3-4-10-11(8-9)18-14(17-10)12-2-1-7-20-12/h1-4,7-8H,5H2,(H,16,19)(H,17,18). The molecule has 0 saturated heterocycles. The molecular formula is C14H10N4OS. The molecule has 0 spiro atoms. The van der Waals surface area contributed by atoms with E-state index in [9.17, 15) is 4.79 Å². The highest BCUT2D eigenvalue weighted by Crippen LogP contribution is 2.25. The zero-order valence-electron chi connectivity index (χ0n) is 10.4. The Morgan fingerprint density at radius 3 is 3.10 bits per heavy atom. The van der Waals surface area contributed by atoms with E-state index in [-0.39, 0.29) is 12.3 Å². The lowest BCUT2D eigenvalue weighted by atomic mass is 10.2. The highest BCUT2D eigenvalue weighted by Gasteiger charge is 2.07. The van der Waals surface area contributed by atoms with Crippen LogP contribution in [-0.2, 0) is 4.79 Å². The van der Waals surface area contributed by atoms with Crippen molar-refractivity contribution in [2.45, 2.75) is 6.42 Å². The Bertz CT molecular complexity index is 798. The molecule has 98 valence electrons. The first kappa shape index (κ1) is 12.4. The van der Waals surface area contributed by atoms with Crippen LogP contribution in [0.25, 0.3) is 21.7 Å². The fourth-order valence-electron chi connectivity index (χ4n) is 1.89. The third-order valence-electron chi connectivity index (χ3n) is 2.76. The minimum atomic E-state index is -0.315. The number of imidazole rings is 1. The van der Waals surface area contributed by atoms with Crippen molar-refractivity contribution < 1.29 is 4.79 Å². The van der Waals surface area contributed by atoms with Gasteiger partial charge in [-0.1, -0.05) is 6.07 Å². The summed E-state index contributed by atoms with van der Waals surface area (Å²) < 4.78 is 0. The van der Waals surface area contributed by atoms with Gasteiger partial charge in [0.1, 0.15) is 12.2 Å². The van der Waals surface area contributed by atoms with E-state index in [0.717, 1.165) is 21.7 Å². The summed E-state index contributed by atoms with van der Waals surface area (Å²) in [6.07, 6.45) is -0.151. The number of hydrogen-bond donors (Lipinski definition) is 2. The molecule has 3 aromatic rings. The normalized spacial score (nSPS) is 10.3. The minimum absolute atomic E-state index is 0.151. The number of hydrogen-bond acceptors (Lipinski definition) is 4. The van der Waals surface area contributed by atoms with Gasteiger partial charge in [-0.3, -0.25) is 4.79 Å². The maximum absolute atomic E-state index is 11.4. The van der Waals surface area contributed by atoms with Crippen molar-refractivity contribution in [2.75, 3.05) is 5.32 Å². The van der Waals surface area contributed by atoms with E-state index in [1.165, 1.54) is 0 Å². The van der Waals surface area contributed by atoms with Crippen molar-refractivity contribution in [3.63, 3.8) is 0 Å². The SMILES string of the molecule is N#CCC(=O)Nc1ccc2nc(-c3cccs3)[nH]c2c1. The summed E-state index contributed by atoms with van der Waals surface area (Å²) in [7, 11) is 0. The van der Waals surface area contributed by atoms with E-state index in [1.54, 1.807) is 17.4 Å². The van der Waals surface area contributed by atoms with E-state index >= 15 is 0 Å². The summed E-state index contributed by atoms with van der Waals surface area (Å²) in [5.41, 5.74) is 2.34. The number of nitrogens with zero attached hydrogens (tertiary/aromatic N) is 2. The number of rotatable bonds is 3. The zero-order chi connectivity index (χ0) is 13.9. The summed E-state index contributed by atoms with van der Waals surface area (Å²) in [4.78, 5) is 20.2. The van der Waals surface area contributed by atoms with E-state index in [1.807, 2.05) is 35.7 Å². The molecule has 0 fully saturated rings. The molecule has 6 heteroatoms. The smallest absolute Gasteiger partial charge is 0.238 e. The number of H-pyrrole nitrogens is 1. The van der Waals surface area contributed by atoms with Gasteiger partial charge in [0.25, 0.3) is 0 Å². The summed E-state index contributed by atoms with van der Waals surface area (Å²) in [6.45, 7) is 0. The highest BCUT2D eigenvalue weighted by molar-refractivity contribution is 7.13. The lowest BCUT2D eigenvalue weighted by molar-refractivity contribution is -0.115. The molecule has 0 unspecified atom stereocenters. The molecule has 20 heavy (non-hydrogen) atoms. The number of carbonyl (C=O) groups excluding carboxylic acids is 1. The van der Waals surface area contributed by atoms with Gasteiger partial charge >= 0.3 is 0 Å². The Balaban J connectivity index is 1.92. The maximum atomic E-state index is 11.4. The third-order valence-corrected chi connectivity index (χ3v) is 3.64. The topological polar surface area (TPSA) is 81.6 Å². The molecule has 0 radical (unpaired) electrons. The first-order valence-corrected chi connectivity index (χ1v) is 6.84. The number of nitrogens with one attached hydrogen (secondary N) is 2. The zero-order valence-corrected chi connectivity index (χ0v) is 11.2. The lowest BCUT2D eigenvalue weighted by Crippen LogP contribution is -2.09. The first-order chi connectivity index (χ1) is 9.76. The number of carbonyl (C=O) groups is 1. The molecule has 2 N–H and O–H groups in total. The van der Waals surface area contributed by atoms with Crippen LogP contribution in [0.4, 0.5) is 5.69 Å². The molecule has 0 atom stereocenters. The largest absolute Gasteiger partial charge is 0.337 e. The van der Waals surface area contributed by atoms with Gasteiger partial charge in [0, 0.05) is 5.69 Å². The van der Waals surface area contributed by atoms with Crippen LogP contribution >= 0.6 is 11.3 Å². The van der Waals surface area contributed by atoms with Crippen molar-refractivity contribution in [2.24, 2.45) is 0 Å². The predicted molar refractivity (Wildman–Crippen MR) is 78.3 cm³/mol. The Morgan fingerprint density at radius 2 is 2.35 bits per heavy atom. The van der Waals surface area contributed by atoms with Gasteiger partial charge in [-0.2, -0.15) is 5.26 Å². The van der Waals surface area contributed by atoms with Gasteiger partial charge in [0.05, 0.1) is 22.0 Å². The van der Waals surface area contributed by atoms with Crippen molar-refractivity contribution in [1.82, 2.24) is 9.97 Å². The molecule has 0 aliphatic heterocycles. The molecule has 0 aliphatic rings. The number of nitriles is 1. The maximum Gasteiger partial charge on any atom is 0.238 e. The molecule has 0 bridgehead atoms. The van der Waals surface area contributed by atoms with Crippen LogP contribution in [0.15, 0.2) is 35.7 Å². The van der Waals surface area contributed by atoms with Gasteiger partial charge < -0.3 is 10.3 Å². The van der Waals surface area contributed by atoms with Crippen LogP contribution in [0.2, 0.25) is 0 Å². The van der Waals surface area contributed by atoms with Gasteiger partial charge in [-0.25, -0.2) is 4.98 Å². The van der Waals surface area contributed by atoms with Gasteiger partial charge in [-0.05, 0) is 29.6 Å². The lowest BCUT2D eigenvalue weighted by Gasteiger charge is -2.01. The first-order valence-electron chi connectivity index (χ1n) is 5.97. The van der Waals surface area contributed by atoms with Gasteiger partial charge in [-0.15, -0.1) is 11.3 Å². The summed E-state index contributed by atoms with van der Waals surface area (Å²) >= 11 is 1.61. The minimum Gasteiger partial charge on any atom is -0.337 e. The summed E-state index contributed by atoms with van der Waals surface area (Å²) in [6, 6.07) is 11.2. The van der Waals surface area contributed by atoms with Gasteiger partial charge in [0.2, 0.25) is 5.91 Å². The van der Waals surface area contributed by atoms with Crippen molar-refractivity contribution in [3.05, 3.63) is 35.7 Å². The number of aromatic nitrogens is 2. The summed E-state index contributed by atoms with van der Waals surface area (Å²) in [5, 5.41) is 13.1. The number of aromatic amines is 1. The van der Waals surface area contributed by atoms with Crippen LogP contribution in [0.5, 0.6) is 0 Å². The molecular weight excluding hydrogens is 272 g/mol. The number of anilines is 1. The second-order valence-electron chi connectivity index (χ2n) is 4.18. The molecule has 2 aromatic heterocycles. The number of benzene rings is 1. The fraction of sp³-hybridized carbons (Fsp3) is 0.0714. The van der Waals surface area contributed by atoms with Crippen LogP contribution in [0, 0.1) is 11.3 Å². The predicted octanol–water partition coefficient (Wildman–Crippen LogP) is 3.14. The number of amides is 1. The Morgan fingerprint density at radius 1 is 1.45 bits per heavy atom. The molecule has 5 nitrogen and oxygen atoms in total. The number of thiophene rings is 1. The number of fused-ring (bicyclic) bond motifs is 1. The molecule has 1 amide bonds. The third kappa shape index (κ3) is 2.39. The Hall–Kier alpha value is -2.65. The van der Waals surface area contributed by atoms with E-state index in [2.05, 4.69) is 15.3 Å². The van der Waals surface area contributed by atoms with Gasteiger partial charge in [0.15, 0.2) is 0 Å². The Kier molecular flexibility index (Phi) is 3.19. The molecule has 3 rings (SSSR count). The quantitative estimate of drug-likeness (QED) is 0.774. The van der Waals surface area contributed by atoms with E-state index < -0.39 is 0 Å². The average Bonchev–Trinajstić information content (AvgIpc) is 3.07. The molecule has 0 aliphatic carbocycles. The molecule has 2 heterocycles. The monoisotopic (exact) mass is 282 g/mol. The van der Waals surface area contributed by atoms with Crippen molar-refractivity contribution >= 4 is 34.0 Å². The van der Waals surface area contributed by atoms with Crippen molar-refractivity contribution in [3.8, 4) is 16.8 Å². The van der Waals surface area contributed by atoms with Crippen LogP contribution in [0.1, 0.15) is 6.42 Å².